The lowest BCUT2D eigenvalue weighted by Gasteiger charge is -2.32. The molecule has 2 aromatic rings. The van der Waals surface area contributed by atoms with Crippen LogP contribution < -0.4 is 9.64 Å². The van der Waals surface area contributed by atoms with Crippen LogP contribution in [0.1, 0.15) is 12.8 Å². The third-order valence-electron chi connectivity index (χ3n) is 3.53. The zero-order valence-corrected chi connectivity index (χ0v) is 12.0. The van der Waals surface area contributed by atoms with Crippen LogP contribution in [0.4, 0.5) is 5.82 Å². The molecule has 1 saturated heterocycles. The van der Waals surface area contributed by atoms with Crippen LogP contribution in [-0.4, -0.2) is 24.2 Å². The highest BCUT2D eigenvalue weighted by atomic mass is 35.5. The molecule has 0 bridgehead atoms. The van der Waals surface area contributed by atoms with E-state index in [9.17, 15) is 0 Å². The first-order valence-electron chi connectivity index (χ1n) is 6.89. The summed E-state index contributed by atoms with van der Waals surface area (Å²) in [5.74, 6) is 1.95. The lowest BCUT2D eigenvalue weighted by molar-refractivity contribution is 0.170. The Hall–Kier alpha value is -1.74. The molecule has 1 aliphatic heterocycles. The van der Waals surface area contributed by atoms with Gasteiger partial charge in [-0.25, -0.2) is 4.98 Å². The number of piperidine rings is 1. The molecule has 4 heteroatoms. The van der Waals surface area contributed by atoms with Crippen molar-refractivity contribution < 1.29 is 4.74 Å². The SMILES string of the molecule is Clc1ccc(OC2CCN(c3ccccn3)CC2)cc1. The van der Waals surface area contributed by atoms with E-state index in [1.165, 1.54) is 0 Å². The number of pyridine rings is 1. The van der Waals surface area contributed by atoms with Gasteiger partial charge in [0.1, 0.15) is 17.7 Å². The van der Waals surface area contributed by atoms with Gasteiger partial charge in [-0.05, 0) is 36.4 Å². The molecule has 0 aliphatic carbocycles. The minimum atomic E-state index is 0.274. The van der Waals surface area contributed by atoms with Crippen LogP contribution in [0.25, 0.3) is 0 Å². The Morgan fingerprint density at radius 3 is 2.45 bits per heavy atom. The van der Waals surface area contributed by atoms with Crippen LogP contribution in [0, 0.1) is 0 Å². The van der Waals surface area contributed by atoms with Crippen molar-refractivity contribution in [1.29, 1.82) is 0 Å². The lowest BCUT2D eigenvalue weighted by Crippen LogP contribution is -2.38. The molecule has 1 aromatic carbocycles. The summed E-state index contributed by atoms with van der Waals surface area (Å²) >= 11 is 5.87. The van der Waals surface area contributed by atoms with Gasteiger partial charge in [-0.2, -0.15) is 0 Å². The van der Waals surface area contributed by atoms with Gasteiger partial charge in [0.2, 0.25) is 0 Å². The van der Waals surface area contributed by atoms with Crippen LogP contribution in [0.2, 0.25) is 5.02 Å². The molecule has 1 fully saturated rings. The molecule has 104 valence electrons. The highest BCUT2D eigenvalue weighted by molar-refractivity contribution is 6.30. The number of anilines is 1. The fourth-order valence-corrected chi connectivity index (χ4v) is 2.58. The summed E-state index contributed by atoms with van der Waals surface area (Å²) in [5, 5.41) is 0.738. The van der Waals surface area contributed by atoms with Crippen LogP contribution in [0.3, 0.4) is 0 Å². The van der Waals surface area contributed by atoms with E-state index in [0.29, 0.717) is 0 Å². The Bertz CT molecular complexity index is 536. The molecular weight excluding hydrogens is 272 g/mol. The molecule has 0 amide bonds. The summed E-state index contributed by atoms with van der Waals surface area (Å²) in [6.07, 6.45) is 4.14. The van der Waals surface area contributed by atoms with E-state index in [2.05, 4.69) is 16.0 Å². The first-order valence-corrected chi connectivity index (χ1v) is 7.27. The molecule has 0 spiro atoms. The third kappa shape index (κ3) is 3.23. The van der Waals surface area contributed by atoms with Gasteiger partial charge in [0, 0.05) is 37.2 Å². The summed E-state index contributed by atoms with van der Waals surface area (Å²) in [6.45, 7) is 1.96. The summed E-state index contributed by atoms with van der Waals surface area (Å²) < 4.78 is 5.99. The Morgan fingerprint density at radius 1 is 1.05 bits per heavy atom. The third-order valence-corrected chi connectivity index (χ3v) is 3.78. The Morgan fingerprint density at radius 2 is 1.80 bits per heavy atom. The normalized spacial score (nSPS) is 16.1. The number of benzene rings is 1. The van der Waals surface area contributed by atoms with E-state index < -0.39 is 0 Å². The van der Waals surface area contributed by atoms with E-state index >= 15 is 0 Å². The van der Waals surface area contributed by atoms with Gasteiger partial charge in [-0.15, -0.1) is 0 Å². The van der Waals surface area contributed by atoms with Crippen molar-refractivity contribution in [2.45, 2.75) is 18.9 Å². The van der Waals surface area contributed by atoms with Crippen molar-refractivity contribution in [2.24, 2.45) is 0 Å². The predicted octanol–water partition coefficient (Wildman–Crippen LogP) is 3.78. The molecule has 0 radical (unpaired) electrons. The van der Waals surface area contributed by atoms with Gasteiger partial charge in [0.05, 0.1) is 0 Å². The first kappa shape index (κ1) is 13.3. The molecule has 0 unspecified atom stereocenters. The molecule has 0 atom stereocenters. The summed E-state index contributed by atoms with van der Waals surface area (Å²) in [5.41, 5.74) is 0. The maximum atomic E-state index is 5.99. The van der Waals surface area contributed by atoms with Crippen molar-refractivity contribution in [1.82, 2.24) is 4.98 Å². The van der Waals surface area contributed by atoms with Crippen LogP contribution in [0.15, 0.2) is 48.7 Å². The highest BCUT2D eigenvalue weighted by Gasteiger charge is 2.21. The number of nitrogens with zero attached hydrogens (tertiary/aromatic N) is 2. The van der Waals surface area contributed by atoms with E-state index in [-0.39, 0.29) is 6.10 Å². The average Bonchev–Trinajstić information content (AvgIpc) is 2.51. The van der Waals surface area contributed by atoms with Crippen LogP contribution in [0.5, 0.6) is 5.75 Å². The molecule has 20 heavy (non-hydrogen) atoms. The largest absolute Gasteiger partial charge is 0.490 e. The van der Waals surface area contributed by atoms with Crippen molar-refractivity contribution in [3.05, 3.63) is 53.7 Å². The number of aromatic nitrogens is 1. The molecular formula is C16H17ClN2O. The predicted molar refractivity (Wildman–Crippen MR) is 81.6 cm³/mol. The smallest absolute Gasteiger partial charge is 0.128 e. The van der Waals surface area contributed by atoms with E-state index in [1.54, 1.807) is 0 Å². The topological polar surface area (TPSA) is 25.4 Å². The second-order valence-corrected chi connectivity index (χ2v) is 5.38. The quantitative estimate of drug-likeness (QED) is 0.859. The molecule has 3 rings (SSSR count). The van der Waals surface area contributed by atoms with Gasteiger partial charge in [-0.1, -0.05) is 17.7 Å². The minimum Gasteiger partial charge on any atom is -0.490 e. The second-order valence-electron chi connectivity index (χ2n) is 4.95. The zero-order chi connectivity index (χ0) is 13.8. The zero-order valence-electron chi connectivity index (χ0n) is 11.2. The Balaban J connectivity index is 1.55. The number of ether oxygens (including phenoxy) is 1. The van der Waals surface area contributed by atoms with Crippen LogP contribution in [-0.2, 0) is 0 Å². The molecule has 2 heterocycles. The minimum absolute atomic E-state index is 0.274. The van der Waals surface area contributed by atoms with E-state index in [0.717, 1.165) is 42.5 Å². The van der Waals surface area contributed by atoms with Gasteiger partial charge in [0.25, 0.3) is 0 Å². The van der Waals surface area contributed by atoms with Gasteiger partial charge >= 0.3 is 0 Å². The van der Waals surface area contributed by atoms with Gasteiger partial charge < -0.3 is 9.64 Å². The molecule has 0 N–H and O–H groups in total. The number of rotatable bonds is 3. The summed E-state index contributed by atoms with van der Waals surface area (Å²) in [6, 6.07) is 13.6. The Kier molecular flexibility index (Phi) is 4.07. The van der Waals surface area contributed by atoms with Crippen molar-refractivity contribution >= 4 is 17.4 Å². The summed E-state index contributed by atoms with van der Waals surface area (Å²) in [7, 11) is 0. The first-order chi connectivity index (χ1) is 9.81. The fourth-order valence-electron chi connectivity index (χ4n) is 2.45. The maximum Gasteiger partial charge on any atom is 0.128 e. The molecule has 3 nitrogen and oxygen atoms in total. The Labute approximate surface area is 124 Å². The number of hydrogen-bond donors (Lipinski definition) is 0. The maximum absolute atomic E-state index is 5.99. The van der Waals surface area contributed by atoms with Crippen molar-refractivity contribution in [3.8, 4) is 5.75 Å². The standard InChI is InChI=1S/C16H17ClN2O/c17-13-4-6-14(7-5-13)20-15-8-11-19(12-9-15)16-3-1-2-10-18-16/h1-7,10,15H,8-9,11-12H2. The van der Waals surface area contributed by atoms with Gasteiger partial charge in [0.15, 0.2) is 0 Å². The lowest BCUT2D eigenvalue weighted by atomic mass is 10.1. The van der Waals surface area contributed by atoms with E-state index in [1.807, 2.05) is 42.6 Å². The number of halogens is 1. The second kappa shape index (κ2) is 6.14. The monoisotopic (exact) mass is 288 g/mol. The van der Waals surface area contributed by atoms with Crippen molar-refractivity contribution in [3.63, 3.8) is 0 Å². The van der Waals surface area contributed by atoms with Crippen LogP contribution >= 0.6 is 11.6 Å². The number of hydrogen-bond acceptors (Lipinski definition) is 3. The average molecular weight is 289 g/mol. The van der Waals surface area contributed by atoms with Gasteiger partial charge in [-0.3, -0.25) is 0 Å². The highest BCUT2D eigenvalue weighted by Crippen LogP contribution is 2.22. The van der Waals surface area contributed by atoms with Crippen molar-refractivity contribution in [2.75, 3.05) is 18.0 Å². The summed E-state index contributed by atoms with van der Waals surface area (Å²) in [4.78, 5) is 6.70. The molecule has 1 aromatic heterocycles. The molecule has 1 aliphatic rings. The van der Waals surface area contributed by atoms with E-state index in [4.69, 9.17) is 16.3 Å². The fraction of sp³-hybridized carbons (Fsp3) is 0.312. The molecule has 0 saturated carbocycles.